The summed E-state index contributed by atoms with van der Waals surface area (Å²) in [5.74, 6) is -0.102. The Morgan fingerprint density at radius 3 is 2.33 bits per heavy atom. The van der Waals surface area contributed by atoms with Crippen LogP contribution in [0.1, 0.15) is 48.3 Å². The molecular weight excluding hydrogens is 498 g/mol. The van der Waals surface area contributed by atoms with Crippen molar-refractivity contribution in [3.05, 3.63) is 45.1 Å². The summed E-state index contributed by atoms with van der Waals surface area (Å²) in [5.41, 5.74) is -3.68. The van der Waals surface area contributed by atoms with Crippen LogP contribution < -0.4 is 10.5 Å². The van der Waals surface area contributed by atoms with Crippen LogP contribution in [-0.2, 0) is 28.3 Å². The first-order valence-electron chi connectivity index (χ1n) is 11.1. The molecule has 2 aliphatic rings. The predicted molar refractivity (Wildman–Crippen MR) is 112 cm³/mol. The lowest BCUT2D eigenvalue weighted by molar-refractivity contribution is -0.139. The third-order valence-corrected chi connectivity index (χ3v) is 6.10. The van der Waals surface area contributed by atoms with Crippen LogP contribution in [-0.4, -0.2) is 63.3 Å². The average Bonchev–Trinajstić information content (AvgIpc) is 3.19. The van der Waals surface area contributed by atoms with Gasteiger partial charge in [-0.05, 0) is 25.3 Å². The molecule has 0 bridgehead atoms. The summed E-state index contributed by atoms with van der Waals surface area (Å²) in [6.45, 7) is 2.85. The van der Waals surface area contributed by atoms with E-state index in [9.17, 15) is 35.9 Å². The molecule has 0 saturated carbocycles. The van der Waals surface area contributed by atoms with Gasteiger partial charge in [0.25, 0.3) is 5.56 Å². The fourth-order valence-electron chi connectivity index (χ4n) is 4.35. The van der Waals surface area contributed by atoms with E-state index in [0.717, 1.165) is 0 Å². The lowest BCUT2D eigenvalue weighted by atomic mass is 10.1. The molecule has 0 aromatic carbocycles. The fourth-order valence-corrected chi connectivity index (χ4v) is 4.35. The number of aromatic nitrogens is 4. The maximum absolute atomic E-state index is 13.3. The highest BCUT2D eigenvalue weighted by atomic mass is 19.4. The van der Waals surface area contributed by atoms with Crippen LogP contribution in [0.2, 0.25) is 0 Å². The normalized spacial score (nSPS) is 19.4. The summed E-state index contributed by atoms with van der Waals surface area (Å²) in [6.07, 6.45) is -9.18. The number of ether oxygens (including phenoxy) is 1. The number of halogens is 6. The van der Waals surface area contributed by atoms with E-state index in [4.69, 9.17) is 4.74 Å². The van der Waals surface area contributed by atoms with Gasteiger partial charge in [-0.25, -0.2) is 15.1 Å². The second kappa shape index (κ2) is 9.67. The summed E-state index contributed by atoms with van der Waals surface area (Å²) in [6, 6.07) is 0. The Balaban J connectivity index is 1.31. The molecule has 4 rings (SSSR count). The number of hydrogen-bond donors (Lipinski definition) is 1. The Bertz CT molecular complexity index is 1160. The standard InChI is InChI=1S/C21H22F6N6O3/c1-11(36-14-3-2-13-16(21(25,26)27)18(35)31-30-17(13)14)8-15(34)32-4-6-33(7-5-32)19-28-9-12(10-29-19)20(22,23)24/h9-11,14H,2-8H2,1H3,(H,31,35). The quantitative estimate of drug-likeness (QED) is 0.605. The van der Waals surface area contributed by atoms with E-state index >= 15 is 0 Å². The van der Waals surface area contributed by atoms with Gasteiger partial charge in [0, 0.05) is 38.6 Å². The largest absolute Gasteiger partial charge is 0.422 e. The third-order valence-electron chi connectivity index (χ3n) is 6.10. The molecule has 2 unspecified atom stereocenters. The van der Waals surface area contributed by atoms with Gasteiger partial charge in [-0.1, -0.05) is 0 Å². The Hall–Kier alpha value is -3.23. The van der Waals surface area contributed by atoms with Crippen molar-refractivity contribution in [3.63, 3.8) is 0 Å². The molecule has 2 aromatic rings. The molecular formula is C21H22F6N6O3. The topological polar surface area (TPSA) is 104 Å². The molecule has 36 heavy (non-hydrogen) atoms. The molecule has 2 aromatic heterocycles. The number of nitrogens with one attached hydrogen (secondary N) is 1. The number of H-pyrrole nitrogens is 1. The molecule has 1 amide bonds. The van der Waals surface area contributed by atoms with E-state index in [-0.39, 0.29) is 42.4 Å². The van der Waals surface area contributed by atoms with E-state index in [1.165, 1.54) is 0 Å². The van der Waals surface area contributed by atoms with Gasteiger partial charge >= 0.3 is 12.4 Å². The third kappa shape index (κ3) is 5.44. The van der Waals surface area contributed by atoms with Gasteiger partial charge in [0.15, 0.2) is 0 Å². The molecule has 3 heterocycles. The lowest BCUT2D eigenvalue weighted by Crippen LogP contribution is -2.49. The Morgan fingerprint density at radius 1 is 1.11 bits per heavy atom. The van der Waals surface area contributed by atoms with Gasteiger partial charge in [0.05, 0.1) is 23.8 Å². The monoisotopic (exact) mass is 520 g/mol. The van der Waals surface area contributed by atoms with Crippen molar-refractivity contribution in [1.29, 1.82) is 0 Å². The van der Waals surface area contributed by atoms with Crippen LogP contribution in [0.15, 0.2) is 17.2 Å². The Kier molecular flexibility index (Phi) is 6.94. The summed E-state index contributed by atoms with van der Waals surface area (Å²) < 4.78 is 83.7. The van der Waals surface area contributed by atoms with Crippen LogP contribution in [0.25, 0.3) is 0 Å². The van der Waals surface area contributed by atoms with E-state index in [2.05, 4.69) is 15.1 Å². The molecule has 1 saturated heterocycles. The smallest absolute Gasteiger partial charge is 0.368 e. The highest BCUT2D eigenvalue weighted by Gasteiger charge is 2.42. The number of amides is 1. The summed E-state index contributed by atoms with van der Waals surface area (Å²) in [5, 5.41) is 5.63. The van der Waals surface area contributed by atoms with Gasteiger partial charge < -0.3 is 14.5 Å². The Morgan fingerprint density at radius 2 is 1.75 bits per heavy atom. The van der Waals surface area contributed by atoms with E-state index < -0.39 is 41.2 Å². The first-order valence-corrected chi connectivity index (χ1v) is 11.1. The second-order valence-corrected chi connectivity index (χ2v) is 8.60. The molecule has 0 spiro atoms. The van der Waals surface area contributed by atoms with Crippen molar-refractivity contribution >= 4 is 11.9 Å². The van der Waals surface area contributed by atoms with Crippen molar-refractivity contribution in [3.8, 4) is 0 Å². The van der Waals surface area contributed by atoms with Crippen LogP contribution in [0, 0.1) is 0 Å². The zero-order chi connectivity index (χ0) is 26.3. The number of rotatable bonds is 5. The molecule has 15 heteroatoms. The lowest BCUT2D eigenvalue weighted by Gasteiger charge is -2.35. The number of carbonyl (C=O) groups excluding carboxylic acids is 1. The number of anilines is 1. The van der Waals surface area contributed by atoms with Crippen molar-refractivity contribution < 1.29 is 35.9 Å². The SMILES string of the molecule is CC(CC(=O)N1CCN(c2ncc(C(F)(F)F)cn2)CC1)OC1CCc2c1n[nH]c(=O)c2C(F)(F)F. The molecule has 1 aliphatic carbocycles. The molecule has 2 atom stereocenters. The zero-order valence-electron chi connectivity index (χ0n) is 19.0. The molecule has 1 fully saturated rings. The molecule has 9 nitrogen and oxygen atoms in total. The van der Waals surface area contributed by atoms with Crippen LogP contribution in [0.4, 0.5) is 32.3 Å². The minimum absolute atomic E-state index is 0.0135. The van der Waals surface area contributed by atoms with Gasteiger partial charge in [-0.2, -0.15) is 31.4 Å². The highest BCUT2D eigenvalue weighted by molar-refractivity contribution is 5.77. The van der Waals surface area contributed by atoms with E-state index in [0.29, 0.717) is 38.6 Å². The Labute approximate surface area is 200 Å². The number of carbonyl (C=O) groups is 1. The molecule has 1 N–H and O–H groups in total. The average molecular weight is 520 g/mol. The van der Waals surface area contributed by atoms with Crippen LogP contribution in [0.3, 0.4) is 0 Å². The van der Waals surface area contributed by atoms with Crippen molar-refractivity contribution in [1.82, 2.24) is 25.1 Å². The van der Waals surface area contributed by atoms with Crippen molar-refractivity contribution in [2.24, 2.45) is 0 Å². The second-order valence-electron chi connectivity index (χ2n) is 8.60. The number of alkyl halides is 6. The van der Waals surface area contributed by atoms with Crippen molar-refractivity contribution in [2.75, 3.05) is 31.1 Å². The minimum atomic E-state index is -4.81. The predicted octanol–water partition coefficient (Wildman–Crippen LogP) is 2.73. The maximum Gasteiger partial charge on any atom is 0.422 e. The van der Waals surface area contributed by atoms with Gasteiger partial charge in [0.2, 0.25) is 11.9 Å². The van der Waals surface area contributed by atoms with Crippen LogP contribution >= 0.6 is 0 Å². The first kappa shape index (κ1) is 25.9. The fraction of sp³-hybridized carbons (Fsp3) is 0.571. The summed E-state index contributed by atoms with van der Waals surface area (Å²) >= 11 is 0. The minimum Gasteiger partial charge on any atom is -0.368 e. The van der Waals surface area contributed by atoms with E-state index in [1.807, 2.05) is 5.10 Å². The van der Waals surface area contributed by atoms with Gasteiger partial charge in [-0.15, -0.1) is 0 Å². The zero-order valence-corrected chi connectivity index (χ0v) is 19.0. The number of piperazine rings is 1. The van der Waals surface area contributed by atoms with Crippen LogP contribution in [0.5, 0.6) is 0 Å². The summed E-state index contributed by atoms with van der Waals surface area (Å²) in [4.78, 5) is 35.1. The number of hydrogen-bond acceptors (Lipinski definition) is 7. The molecule has 196 valence electrons. The van der Waals surface area contributed by atoms with Crippen molar-refractivity contribution in [2.45, 2.75) is 50.7 Å². The number of nitrogens with zero attached hydrogens (tertiary/aromatic N) is 5. The van der Waals surface area contributed by atoms with Gasteiger partial charge in [-0.3, -0.25) is 9.59 Å². The van der Waals surface area contributed by atoms with Gasteiger partial charge in [0.1, 0.15) is 11.7 Å². The maximum atomic E-state index is 13.3. The highest BCUT2D eigenvalue weighted by Crippen LogP contribution is 2.39. The molecule has 0 radical (unpaired) electrons. The molecule has 1 aliphatic heterocycles. The first-order chi connectivity index (χ1) is 16.8. The number of aromatic amines is 1. The summed E-state index contributed by atoms with van der Waals surface area (Å²) in [7, 11) is 0. The van der Waals surface area contributed by atoms with E-state index in [1.54, 1.807) is 16.7 Å². The number of fused-ring (bicyclic) bond motifs is 1.